The molecule has 0 atom stereocenters. The van der Waals surface area contributed by atoms with Gasteiger partial charge in [0.25, 0.3) is 0 Å². The first-order valence-electron chi connectivity index (χ1n) is 4.91. The van der Waals surface area contributed by atoms with Crippen molar-refractivity contribution < 1.29 is 9.90 Å². The number of aryl methyl sites for hydroxylation is 1. The van der Waals surface area contributed by atoms with Gasteiger partial charge in [0.2, 0.25) is 0 Å². The third-order valence-corrected chi connectivity index (χ3v) is 2.26. The average molecular weight is 204 g/mol. The molecule has 78 valence electrons. The summed E-state index contributed by atoms with van der Waals surface area (Å²) >= 11 is 0. The third kappa shape index (κ3) is 1.83. The molecule has 0 aliphatic carbocycles. The van der Waals surface area contributed by atoms with E-state index in [1.165, 1.54) is 0 Å². The molecule has 0 bridgehead atoms. The summed E-state index contributed by atoms with van der Waals surface area (Å²) in [6.45, 7) is 2.09. The summed E-state index contributed by atoms with van der Waals surface area (Å²) in [6, 6.07) is 3.16. The van der Waals surface area contributed by atoms with Crippen LogP contribution in [0.15, 0.2) is 24.5 Å². The van der Waals surface area contributed by atoms with E-state index in [-0.39, 0.29) is 5.56 Å². The minimum atomic E-state index is -0.919. The number of rotatable bonds is 3. The van der Waals surface area contributed by atoms with Gasteiger partial charge in [-0.15, -0.1) is 0 Å². The van der Waals surface area contributed by atoms with E-state index in [1.54, 1.807) is 18.3 Å². The summed E-state index contributed by atoms with van der Waals surface area (Å²) in [5.41, 5.74) is 1.97. The lowest BCUT2D eigenvalue weighted by Gasteiger charge is -1.94. The molecule has 2 rings (SSSR count). The van der Waals surface area contributed by atoms with Gasteiger partial charge in [0, 0.05) is 12.4 Å². The van der Waals surface area contributed by atoms with Gasteiger partial charge < -0.3 is 9.51 Å². The van der Waals surface area contributed by atoms with Crippen molar-refractivity contribution in [1.29, 1.82) is 0 Å². The molecule has 0 radical (unpaired) electrons. The lowest BCUT2D eigenvalue weighted by molar-refractivity contribution is 0.0697. The molecule has 0 saturated carbocycles. The molecule has 0 saturated heterocycles. The van der Waals surface area contributed by atoms with Crippen molar-refractivity contribution in [2.45, 2.75) is 19.8 Å². The summed E-state index contributed by atoms with van der Waals surface area (Å²) in [7, 11) is 0. The number of imidazole rings is 1. The predicted molar refractivity (Wildman–Crippen MR) is 56.1 cm³/mol. The first-order valence-corrected chi connectivity index (χ1v) is 4.91. The van der Waals surface area contributed by atoms with E-state index in [4.69, 9.17) is 5.11 Å². The Kier molecular flexibility index (Phi) is 2.41. The number of carboxylic acids is 1. The number of aromatic nitrogens is 2. The van der Waals surface area contributed by atoms with Crippen LogP contribution < -0.4 is 0 Å². The minimum Gasteiger partial charge on any atom is -0.478 e. The van der Waals surface area contributed by atoms with Gasteiger partial charge in [0.05, 0.1) is 11.3 Å². The molecule has 2 aromatic heterocycles. The highest BCUT2D eigenvalue weighted by atomic mass is 16.4. The highest BCUT2D eigenvalue weighted by Gasteiger charge is 2.05. The molecule has 0 spiro atoms. The quantitative estimate of drug-likeness (QED) is 0.831. The van der Waals surface area contributed by atoms with Gasteiger partial charge in [-0.1, -0.05) is 13.3 Å². The van der Waals surface area contributed by atoms with Crippen molar-refractivity contribution in [3.63, 3.8) is 0 Å². The second kappa shape index (κ2) is 3.73. The van der Waals surface area contributed by atoms with Crippen LogP contribution in [0.5, 0.6) is 0 Å². The van der Waals surface area contributed by atoms with E-state index in [9.17, 15) is 4.79 Å². The molecule has 4 nitrogen and oxygen atoms in total. The van der Waals surface area contributed by atoms with E-state index in [2.05, 4.69) is 11.9 Å². The molecule has 2 heterocycles. The molecule has 15 heavy (non-hydrogen) atoms. The van der Waals surface area contributed by atoms with Crippen LogP contribution in [0, 0.1) is 0 Å². The molecule has 0 aliphatic heterocycles. The normalized spacial score (nSPS) is 10.7. The number of hydrogen-bond donors (Lipinski definition) is 1. The molecule has 0 amide bonds. The number of hydrogen-bond acceptors (Lipinski definition) is 2. The first kappa shape index (κ1) is 9.71. The van der Waals surface area contributed by atoms with Crippen molar-refractivity contribution in [2.24, 2.45) is 0 Å². The predicted octanol–water partition coefficient (Wildman–Crippen LogP) is 1.99. The number of carbonyl (C=O) groups is 1. The minimum absolute atomic E-state index is 0.274. The van der Waals surface area contributed by atoms with Gasteiger partial charge in [-0.05, 0) is 18.6 Å². The van der Waals surface area contributed by atoms with Crippen molar-refractivity contribution >= 4 is 11.6 Å². The highest BCUT2D eigenvalue weighted by molar-refractivity contribution is 5.88. The van der Waals surface area contributed by atoms with Gasteiger partial charge in [-0.2, -0.15) is 0 Å². The van der Waals surface area contributed by atoms with E-state index in [0.29, 0.717) is 5.65 Å². The van der Waals surface area contributed by atoms with Crippen LogP contribution in [-0.2, 0) is 6.42 Å². The van der Waals surface area contributed by atoms with E-state index >= 15 is 0 Å². The second-order valence-electron chi connectivity index (χ2n) is 3.47. The Hall–Kier alpha value is -1.84. The van der Waals surface area contributed by atoms with Gasteiger partial charge >= 0.3 is 5.97 Å². The monoisotopic (exact) mass is 204 g/mol. The number of nitrogens with zero attached hydrogens (tertiary/aromatic N) is 2. The zero-order valence-corrected chi connectivity index (χ0v) is 8.47. The van der Waals surface area contributed by atoms with Crippen molar-refractivity contribution in [3.05, 3.63) is 35.8 Å². The molecular formula is C11H12N2O2. The Balaban J connectivity index is 2.47. The van der Waals surface area contributed by atoms with E-state index in [0.717, 1.165) is 18.5 Å². The van der Waals surface area contributed by atoms with Gasteiger partial charge in [-0.25, -0.2) is 9.78 Å². The fourth-order valence-electron chi connectivity index (χ4n) is 1.54. The van der Waals surface area contributed by atoms with Crippen LogP contribution in [-0.4, -0.2) is 20.5 Å². The summed E-state index contributed by atoms with van der Waals surface area (Å²) in [4.78, 5) is 15.1. The maximum atomic E-state index is 10.7. The molecule has 4 heteroatoms. The van der Waals surface area contributed by atoms with Gasteiger partial charge in [-0.3, -0.25) is 0 Å². The maximum absolute atomic E-state index is 10.7. The van der Waals surface area contributed by atoms with Crippen LogP contribution in [0.3, 0.4) is 0 Å². The highest BCUT2D eigenvalue weighted by Crippen LogP contribution is 2.09. The number of aromatic carboxylic acids is 1. The van der Waals surface area contributed by atoms with Crippen molar-refractivity contribution in [3.8, 4) is 0 Å². The first-order chi connectivity index (χ1) is 7.20. The van der Waals surface area contributed by atoms with Crippen molar-refractivity contribution in [2.75, 3.05) is 0 Å². The Morgan fingerprint density at radius 1 is 1.60 bits per heavy atom. The summed E-state index contributed by atoms with van der Waals surface area (Å²) in [6.07, 6.45) is 5.62. The van der Waals surface area contributed by atoms with Gasteiger partial charge in [0.1, 0.15) is 5.65 Å². The van der Waals surface area contributed by atoms with Gasteiger partial charge in [0.15, 0.2) is 0 Å². The standard InChI is InChI=1S/C11H12N2O2/c1-2-3-9-7-13-5-4-8(11(14)15)6-10(13)12-9/h4-7H,2-3H2,1H3,(H,14,15). The second-order valence-corrected chi connectivity index (χ2v) is 3.47. The molecule has 0 aliphatic rings. The smallest absolute Gasteiger partial charge is 0.335 e. The lowest BCUT2D eigenvalue weighted by atomic mass is 10.3. The zero-order valence-electron chi connectivity index (χ0n) is 8.47. The maximum Gasteiger partial charge on any atom is 0.335 e. The number of carboxylic acid groups (broad SMARTS) is 1. The summed E-state index contributed by atoms with van der Waals surface area (Å²) in [5, 5.41) is 8.82. The fourth-order valence-corrected chi connectivity index (χ4v) is 1.54. The zero-order chi connectivity index (χ0) is 10.8. The Labute approximate surface area is 87.2 Å². The SMILES string of the molecule is CCCc1cn2ccc(C(=O)O)cc2n1. The molecule has 1 N–H and O–H groups in total. The number of fused-ring (bicyclic) bond motifs is 1. The number of pyridine rings is 1. The Bertz CT molecular complexity index is 502. The van der Waals surface area contributed by atoms with E-state index in [1.807, 2.05) is 10.6 Å². The Morgan fingerprint density at radius 3 is 3.07 bits per heavy atom. The largest absolute Gasteiger partial charge is 0.478 e. The molecular weight excluding hydrogens is 192 g/mol. The van der Waals surface area contributed by atoms with Crippen LogP contribution in [0.4, 0.5) is 0 Å². The fraction of sp³-hybridized carbons (Fsp3) is 0.273. The van der Waals surface area contributed by atoms with Crippen molar-refractivity contribution in [1.82, 2.24) is 9.38 Å². The topological polar surface area (TPSA) is 54.6 Å². The van der Waals surface area contributed by atoms with Crippen LogP contribution in [0.1, 0.15) is 29.4 Å². The molecule has 0 aromatic carbocycles. The lowest BCUT2D eigenvalue weighted by Crippen LogP contribution is -1.96. The molecule has 0 unspecified atom stereocenters. The van der Waals surface area contributed by atoms with E-state index < -0.39 is 5.97 Å². The van der Waals surface area contributed by atoms with Crippen LogP contribution in [0.25, 0.3) is 5.65 Å². The molecule has 2 aromatic rings. The van der Waals surface area contributed by atoms with Crippen LogP contribution >= 0.6 is 0 Å². The van der Waals surface area contributed by atoms with Crippen LogP contribution in [0.2, 0.25) is 0 Å². The Morgan fingerprint density at radius 2 is 2.40 bits per heavy atom. The average Bonchev–Trinajstić information content (AvgIpc) is 2.59. The summed E-state index contributed by atoms with van der Waals surface area (Å²) in [5.74, 6) is -0.919. The summed E-state index contributed by atoms with van der Waals surface area (Å²) < 4.78 is 1.84. The third-order valence-electron chi connectivity index (χ3n) is 2.26. The molecule has 0 fully saturated rings.